The predicted molar refractivity (Wildman–Crippen MR) is 80.1 cm³/mol. The molecule has 3 N–H and O–H groups in total. The molecule has 0 radical (unpaired) electrons. The molecule has 0 heterocycles. The normalized spacial score (nSPS) is 20.1. The molecule has 1 amide bonds. The summed E-state index contributed by atoms with van der Waals surface area (Å²) in [5.74, 6) is 0.919. The number of rotatable bonds is 7. The van der Waals surface area contributed by atoms with Crippen LogP contribution in [0.4, 0.5) is 0 Å². The molecule has 1 aliphatic rings. The minimum Gasteiger partial charge on any atom is -0.427 e. The minimum atomic E-state index is -0.102. The number of amides is 1. The van der Waals surface area contributed by atoms with Crippen LogP contribution in [-0.4, -0.2) is 26.2 Å². The first-order valence-corrected chi connectivity index (χ1v) is 7.64. The summed E-state index contributed by atoms with van der Waals surface area (Å²) in [5.41, 5.74) is 5.34. The molecule has 5 heteroatoms. The van der Waals surface area contributed by atoms with Gasteiger partial charge in [0.05, 0.1) is 6.73 Å². The van der Waals surface area contributed by atoms with E-state index in [1.165, 1.54) is 32.1 Å². The number of nitrogens with two attached hydrogens (primary N) is 1. The summed E-state index contributed by atoms with van der Waals surface area (Å²) in [4.78, 5) is 12.3. The molecule has 4 nitrogen and oxygen atoms in total. The van der Waals surface area contributed by atoms with E-state index >= 15 is 0 Å². The maximum Gasteiger partial charge on any atom is 0.289 e. The zero-order valence-electron chi connectivity index (χ0n) is 12.7. The van der Waals surface area contributed by atoms with Gasteiger partial charge in [-0.05, 0) is 31.6 Å². The summed E-state index contributed by atoms with van der Waals surface area (Å²) in [5, 5.41) is 3.18. The molecule has 0 aromatic heterocycles. The van der Waals surface area contributed by atoms with Gasteiger partial charge < -0.3 is 15.7 Å². The predicted octanol–water partition coefficient (Wildman–Crippen LogP) is 1.80. The Morgan fingerprint density at radius 1 is 1.32 bits per heavy atom. The van der Waals surface area contributed by atoms with Gasteiger partial charge in [-0.25, -0.2) is 0 Å². The first kappa shape index (κ1) is 16.5. The molecule has 2 atom stereocenters. The second-order valence-corrected chi connectivity index (χ2v) is 6.08. The topological polar surface area (TPSA) is 64.3 Å². The van der Waals surface area contributed by atoms with E-state index in [9.17, 15) is 4.79 Å². The third kappa shape index (κ3) is 5.53. The Bertz CT molecular complexity index is 268. The van der Waals surface area contributed by atoms with Crippen molar-refractivity contribution in [3.8, 4) is 0 Å². The van der Waals surface area contributed by atoms with Crippen molar-refractivity contribution < 1.29 is 9.45 Å². The van der Waals surface area contributed by atoms with Gasteiger partial charge in [-0.1, -0.05) is 33.1 Å². The van der Waals surface area contributed by atoms with Crippen LogP contribution in [0.1, 0.15) is 52.9 Å². The largest absolute Gasteiger partial charge is 0.427 e. The highest BCUT2D eigenvalue weighted by Crippen LogP contribution is 2.27. The number of nitrogens with one attached hydrogen (secondary N) is 1. The van der Waals surface area contributed by atoms with Crippen molar-refractivity contribution in [2.75, 3.05) is 6.73 Å². The quantitative estimate of drug-likeness (QED) is 0.546. The van der Waals surface area contributed by atoms with E-state index in [2.05, 4.69) is 26.1 Å². The molecule has 19 heavy (non-hydrogen) atoms. The molecule has 0 aliphatic heterocycles. The number of carbonyl (C=O) groups excluding carboxylic acids is 1. The molecule has 0 spiro atoms. The van der Waals surface area contributed by atoms with Crippen LogP contribution in [-0.2, 0) is 9.45 Å². The third-order valence-electron chi connectivity index (χ3n) is 4.28. The Morgan fingerprint density at radius 3 is 2.47 bits per heavy atom. The van der Waals surface area contributed by atoms with Gasteiger partial charge in [-0.3, -0.25) is 4.79 Å². The van der Waals surface area contributed by atoms with Crippen LogP contribution in [0.15, 0.2) is 0 Å². The van der Waals surface area contributed by atoms with E-state index in [1.54, 1.807) is 0 Å². The smallest absolute Gasteiger partial charge is 0.289 e. The van der Waals surface area contributed by atoms with Crippen molar-refractivity contribution in [3.05, 3.63) is 0 Å². The summed E-state index contributed by atoms with van der Waals surface area (Å²) >= 11 is 0. The molecule has 0 saturated heterocycles. The Kier molecular flexibility index (Phi) is 7.46. The summed E-state index contributed by atoms with van der Waals surface area (Å²) in [6.07, 6.45) is 6.43. The Hall–Kier alpha value is -0.545. The molecule has 0 aromatic carbocycles. The van der Waals surface area contributed by atoms with Crippen LogP contribution in [0, 0.1) is 11.8 Å². The average Bonchev–Trinajstić information content (AvgIpc) is 2.39. The lowest BCUT2D eigenvalue weighted by atomic mass is 9.71. The standard InChI is InChI=1S/C14H29BN2O2/c1-10(2)13(15-19-9-16)14(18)17-11(3)12-7-5-4-6-8-12/h10-13,15H,4-9,16H2,1-3H3,(H,17,18)/t11-,13+/m0/s1. The molecule has 0 bridgehead atoms. The molecular formula is C14H29BN2O2. The van der Waals surface area contributed by atoms with Crippen LogP contribution in [0.3, 0.4) is 0 Å². The fourth-order valence-corrected chi connectivity index (χ4v) is 2.85. The van der Waals surface area contributed by atoms with Crippen LogP contribution in [0.5, 0.6) is 0 Å². The number of hydrogen-bond acceptors (Lipinski definition) is 3. The van der Waals surface area contributed by atoms with Crippen molar-refractivity contribution in [2.24, 2.45) is 17.6 Å². The van der Waals surface area contributed by atoms with E-state index in [-0.39, 0.29) is 30.4 Å². The summed E-state index contributed by atoms with van der Waals surface area (Å²) < 4.78 is 5.22. The Labute approximate surface area is 118 Å². The summed E-state index contributed by atoms with van der Waals surface area (Å²) in [6, 6.07) is 0.270. The molecule has 1 aliphatic carbocycles. The molecule has 0 aromatic rings. The van der Waals surface area contributed by atoms with Crippen molar-refractivity contribution >= 4 is 13.4 Å². The van der Waals surface area contributed by atoms with Crippen LogP contribution in [0.2, 0.25) is 5.82 Å². The zero-order valence-corrected chi connectivity index (χ0v) is 12.7. The van der Waals surface area contributed by atoms with Gasteiger partial charge >= 0.3 is 0 Å². The van der Waals surface area contributed by atoms with Crippen LogP contribution in [0.25, 0.3) is 0 Å². The van der Waals surface area contributed by atoms with Gasteiger partial charge in [0, 0.05) is 11.9 Å². The highest BCUT2D eigenvalue weighted by molar-refractivity contribution is 6.37. The fraction of sp³-hybridized carbons (Fsp3) is 0.929. The minimum absolute atomic E-state index is 0.102. The van der Waals surface area contributed by atoms with Crippen molar-refractivity contribution in [1.29, 1.82) is 0 Å². The molecule has 1 fully saturated rings. The first-order chi connectivity index (χ1) is 9.06. The number of hydrogen-bond donors (Lipinski definition) is 2. The Balaban J connectivity index is 2.45. The van der Waals surface area contributed by atoms with Gasteiger partial charge in [0.25, 0.3) is 7.48 Å². The lowest BCUT2D eigenvalue weighted by molar-refractivity contribution is -0.123. The van der Waals surface area contributed by atoms with Crippen molar-refractivity contribution in [2.45, 2.75) is 64.7 Å². The second-order valence-electron chi connectivity index (χ2n) is 6.08. The van der Waals surface area contributed by atoms with E-state index in [4.69, 9.17) is 10.4 Å². The van der Waals surface area contributed by atoms with Gasteiger partial charge in [-0.15, -0.1) is 0 Å². The van der Waals surface area contributed by atoms with E-state index in [0.29, 0.717) is 13.4 Å². The average molecular weight is 268 g/mol. The zero-order chi connectivity index (χ0) is 14.3. The second kappa shape index (κ2) is 8.59. The first-order valence-electron chi connectivity index (χ1n) is 7.64. The van der Waals surface area contributed by atoms with Crippen molar-refractivity contribution in [3.63, 3.8) is 0 Å². The van der Waals surface area contributed by atoms with Crippen molar-refractivity contribution in [1.82, 2.24) is 5.32 Å². The SMILES string of the molecule is CC(C)[C@@H](BOCN)C(=O)N[C@@H](C)C1CCCCC1. The molecule has 110 valence electrons. The highest BCUT2D eigenvalue weighted by atomic mass is 16.4. The van der Waals surface area contributed by atoms with Crippen LogP contribution < -0.4 is 11.1 Å². The van der Waals surface area contributed by atoms with Gasteiger partial charge in [0.15, 0.2) is 0 Å². The van der Waals surface area contributed by atoms with E-state index in [1.807, 2.05) is 0 Å². The van der Waals surface area contributed by atoms with E-state index in [0.717, 1.165) is 0 Å². The lowest BCUT2D eigenvalue weighted by Crippen LogP contribution is -2.43. The maximum atomic E-state index is 12.3. The van der Waals surface area contributed by atoms with Crippen LogP contribution >= 0.6 is 0 Å². The third-order valence-corrected chi connectivity index (χ3v) is 4.28. The summed E-state index contributed by atoms with van der Waals surface area (Å²) in [6.45, 7) is 6.41. The molecule has 1 rings (SSSR count). The van der Waals surface area contributed by atoms with E-state index < -0.39 is 0 Å². The van der Waals surface area contributed by atoms with Gasteiger partial charge in [0.2, 0.25) is 5.91 Å². The lowest BCUT2D eigenvalue weighted by Gasteiger charge is -2.30. The molecule has 0 unspecified atom stereocenters. The monoisotopic (exact) mass is 268 g/mol. The molecule has 1 saturated carbocycles. The molecular weight excluding hydrogens is 239 g/mol. The van der Waals surface area contributed by atoms with Gasteiger partial charge in [-0.2, -0.15) is 0 Å². The fourth-order valence-electron chi connectivity index (χ4n) is 2.85. The Morgan fingerprint density at radius 2 is 1.95 bits per heavy atom. The maximum absolute atomic E-state index is 12.3. The highest BCUT2D eigenvalue weighted by Gasteiger charge is 2.28. The van der Waals surface area contributed by atoms with Gasteiger partial charge in [0.1, 0.15) is 0 Å². The number of carbonyl (C=O) groups is 1. The summed E-state index contributed by atoms with van der Waals surface area (Å²) in [7, 11) is 0.414.